The first kappa shape index (κ1) is 30.0. The second-order valence-electron chi connectivity index (χ2n) is 10.6. The molecule has 0 aromatic carbocycles. The summed E-state index contributed by atoms with van der Waals surface area (Å²) >= 11 is 0. The molecule has 182 valence electrons. The third-order valence-electron chi connectivity index (χ3n) is 7.06. The monoisotopic (exact) mass is 423 g/mol. The fourth-order valence-corrected chi connectivity index (χ4v) is 4.73. The first-order chi connectivity index (χ1) is 14.6. The summed E-state index contributed by atoms with van der Waals surface area (Å²) in [5, 5.41) is 0. The maximum atomic E-state index is 2.87. The lowest BCUT2D eigenvalue weighted by molar-refractivity contribution is 0.102. The Kier molecular flexibility index (Phi) is 22.1. The molecule has 0 N–H and O–H groups in total. The van der Waals surface area contributed by atoms with Crippen LogP contribution in [0.3, 0.4) is 0 Å². The van der Waals surface area contributed by atoms with Gasteiger partial charge in [0.2, 0.25) is 0 Å². The summed E-state index contributed by atoms with van der Waals surface area (Å²) in [6.07, 6.45) is 29.9. The van der Waals surface area contributed by atoms with Crippen molar-refractivity contribution in [1.29, 1.82) is 0 Å². The number of hydrogen-bond acceptors (Lipinski definition) is 1. The van der Waals surface area contributed by atoms with Crippen molar-refractivity contribution in [2.45, 2.75) is 175 Å². The van der Waals surface area contributed by atoms with E-state index in [0.717, 1.165) is 0 Å². The van der Waals surface area contributed by atoms with E-state index in [1.165, 1.54) is 148 Å². The van der Waals surface area contributed by atoms with Crippen LogP contribution >= 0.6 is 0 Å². The second-order valence-corrected chi connectivity index (χ2v) is 10.6. The maximum Gasteiger partial charge on any atom is 0.0153 e. The summed E-state index contributed by atoms with van der Waals surface area (Å²) < 4.78 is 0. The molecule has 0 aliphatic heterocycles. The fraction of sp³-hybridized carbons (Fsp3) is 1.00. The molecule has 0 aromatic heterocycles. The molecule has 0 aromatic rings. The molecule has 0 spiro atoms. The summed E-state index contributed by atoms with van der Waals surface area (Å²) in [6, 6.07) is 0. The molecular formula is C29H61N. The highest BCUT2D eigenvalue weighted by Crippen LogP contribution is 2.24. The molecule has 0 heterocycles. The van der Waals surface area contributed by atoms with Crippen LogP contribution in [-0.4, -0.2) is 23.5 Å². The molecule has 1 nitrogen and oxygen atoms in total. The van der Waals surface area contributed by atoms with E-state index in [9.17, 15) is 0 Å². The van der Waals surface area contributed by atoms with E-state index in [2.05, 4.69) is 39.5 Å². The zero-order valence-corrected chi connectivity index (χ0v) is 22.2. The Labute approximate surface area is 193 Å². The van der Waals surface area contributed by atoms with Crippen LogP contribution in [0.2, 0.25) is 0 Å². The van der Waals surface area contributed by atoms with Crippen molar-refractivity contribution in [3.05, 3.63) is 0 Å². The SMILES string of the molecule is CCCCCCCCCCN(CCCCCCCCCC)C(C)(C)CCCCCC. The van der Waals surface area contributed by atoms with Crippen LogP contribution in [0.25, 0.3) is 0 Å². The maximum absolute atomic E-state index is 2.87. The number of hydrogen-bond donors (Lipinski definition) is 0. The van der Waals surface area contributed by atoms with Gasteiger partial charge in [-0.1, -0.05) is 136 Å². The van der Waals surface area contributed by atoms with E-state index in [1.54, 1.807) is 0 Å². The fourth-order valence-electron chi connectivity index (χ4n) is 4.73. The molecule has 0 radical (unpaired) electrons. The van der Waals surface area contributed by atoms with Crippen LogP contribution in [0, 0.1) is 0 Å². The molecule has 1 heteroatoms. The summed E-state index contributed by atoms with van der Waals surface area (Å²) in [6.45, 7) is 14.6. The van der Waals surface area contributed by atoms with E-state index in [1.807, 2.05) is 0 Å². The van der Waals surface area contributed by atoms with Gasteiger partial charge in [-0.15, -0.1) is 0 Å². The summed E-state index contributed by atoms with van der Waals surface area (Å²) in [5.74, 6) is 0. The molecule has 0 aliphatic carbocycles. The predicted octanol–water partition coefficient (Wildman–Crippen LogP) is 10.3. The lowest BCUT2D eigenvalue weighted by Crippen LogP contribution is -2.45. The molecule has 30 heavy (non-hydrogen) atoms. The molecule has 0 amide bonds. The minimum absolute atomic E-state index is 0.385. The average Bonchev–Trinajstić information content (AvgIpc) is 2.73. The van der Waals surface area contributed by atoms with Crippen LogP contribution in [0.5, 0.6) is 0 Å². The van der Waals surface area contributed by atoms with Crippen molar-refractivity contribution in [2.75, 3.05) is 13.1 Å². The number of nitrogens with zero attached hydrogens (tertiary/aromatic N) is 1. The average molecular weight is 424 g/mol. The normalized spacial score (nSPS) is 12.2. The Balaban J connectivity index is 4.17. The van der Waals surface area contributed by atoms with E-state index in [4.69, 9.17) is 0 Å². The topological polar surface area (TPSA) is 3.24 Å². The quantitative estimate of drug-likeness (QED) is 0.139. The largest absolute Gasteiger partial charge is 0.298 e. The third-order valence-corrected chi connectivity index (χ3v) is 7.06. The summed E-state index contributed by atoms with van der Waals surface area (Å²) in [7, 11) is 0. The third kappa shape index (κ3) is 18.7. The lowest BCUT2D eigenvalue weighted by atomic mass is 9.93. The minimum atomic E-state index is 0.385. The Morgan fingerprint density at radius 1 is 0.400 bits per heavy atom. The number of rotatable bonds is 24. The van der Waals surface area contributed by atoms with Crippen molar-refractivity contribution in [3.63, 3.8) is 0 Å². The van der Waals surface area contributed by atoms with Crippen molar-refractivity contribution in [2.24, 2.45) is 0 Å². The Bertz CT molecular complexity index is 302. The van der Waals surface area contributed by atoms with Crippen molar-refractivity contribution in [3.8, 4) is 0 Å². The van der Waals surface area contributed by atoms with Crippen LogP contribution in [0.15, 0.2) is 0 Å². The summed E-state index contributed by atoms with van der Waals surface area (Å²) in [5.41, 5.74) is 0.385. The number of unbranched alkanes of at least 4 members (excludes halogenated alkanes) is 17. The molecule has 0 saturated heterocycles. The molecule has 0 bridgehead atoms. The first-order valence-electron chi connectivity index (χ1n) is 14.3. The van der Waals surface area contributed by atoms with Gasteiger partial charge in [0.1, 0.15) is 0 Å². The van der Waals surface area contributed by atoms with Gasteiger partial charge in [-0.2, -0.15) is 0 Å². The van der Waals surface area contributed by atoms with Gasteiger partial charge in [0.15, 0.2) is 0 Å². The van der Waals surface area contributed by atoms with Crippen molar-refractivity contribution < 1.29 is 0 Å². The van der Waals surface area contributed by atoms with E-state index < -0.39 is 0 Å². The first-order valence-corrected chi connectivity index (χ1v) is 14.3. The minimum Gasteiger partial charge on any atom is -0.298 e. The molecule has 0 unspecified atom stereocenters. The van der Waals surface area contributed by atoms with Gasteiger partial charge in [0.05, 0.1) is 0 Å². The Morgan fingerprint density at radius 3 is 1.07 bits per heavy atom. The van der Waals surface area contributed by atoms with Crippen LogP contribution in [-0.2, 0) is 0 Å². The molecule has 0 aliphatic rings. The Morgan fingerprint density at radius 2 is 0.700 bits per heavy atom. The Hall–Kier alpha value is -0.0400. The van der Waals surface area contributed by atoms with E-state index in [0.29, 0.717) is 5.54 Å². The van der Waals surface area contributed by atoms with Gasteiger partial charge in [-0.3, -0.25) is 4.90 Å². The van der Waals surface area contributed by atoms with Gasteiger partial charge in [0.25, 0.3) is 0 Å². The van der Waals surface area contributed by atoms with Gasteiger partial charge < -0.3 is 0 Å². The van der Waals surface area contributed by atoms with Crippen LogP contribution in [0.1, 0.15) is 169 Å². The highest BCUT2D eigenvalue weighted by molar-refractivity contribution is 4.81. The van der Waals surface area contributed by atoms with Gasteiger partial charge in [-0.05, 0) is 46.2 Å². The molecule has 0 atom stereocenters. The smallest absolute Gasteiger partial charge is 0.0153 e. The zero-order valence-electron chi connectivity index (χ0n) is 22.2. The van der Waals surface area contributed by atoms with Crippen molar-refractivity contribution >= 4 is 0 Å². The highest BCUT2D eigenvalue weighted by atomic mass is 15.2. The van der Waals surface area contributed by atoms with E-state index >= 15 is 0 Å². The predicted molar refractivity (Wildman–Crippen MR) is 140 cm³/mol. The van der Waals surface area contributed by atoms with Crippen molar-refractivity contribution in [1.82, 2.24) is 4.90 Å². The van der Waals surface area contributed by atoms with E-state index in [-0.39, 0.29) is 0 Å². The molecule has 0 saturated carbocycles. The van der Waals surface area contributed by atoms with Crippen LogP contribution in [0.4, 0.5) is 0 Å². The molecule has 0 fully saturated rings. The summed E-state index contributed by atoms with van der Waals surface area (Å²) in [4.78, 5) is 2.87. The van der Waals surface area contributed by atoms with Gasteiger partial charge in [0, 0.05) is 5.54 Å². The highest BCUT2D eigenvalue weighted by Gasteiger charge is 2.25. The van der Waals surface area contributed by atoms with Gasteiger partial charge in [-0.25, -0.2) is 0 Å². The standard InChI is InChI=1S/C29H61N/c1-6-9-12-15-17-19-21-24-27-30(29(4,5)26-23-14-11-8-3)28-25-22-20-18-16-13-10-7-2/h6-28H2,1-5H3. The second kappa shape index (κ2) is 22.2. The molecule has 0 rings (SSSR count). The zero-order chi connectivity index (χ0) is 22.3. The lowest BCUT2D eigenvalue weighted by Gasteiger charge is -2.39. The van der Waals surface area contributed by atoms with Crippen LogP contribution < -0.4 is 0 Å². The molecular weight excluding hydrogens is 362 g/mol. The van der Waals surface area contributed by atoms with Gasteiger partial charge >= 0.3 is 0 Å².